The molecule has 0 bridgehead atoms. The lowest BCUT2D eigenvalue weighted by atomic mass is 9.72. The maximum atomic E-state index is 12.3. The quantitative estimate of drug-likeness (QED) is 0.759. The van der Waals surface area contributed by atoms with Gasteiger partial charge in [0.25, 0.3) is 0 Å². The minimum Gasteiger partial charge on any atom is -0.481 e. The molecular weight excluding hydrogens is 248 g/mol. The molecule has 1 saturated heterocycles. The Morgan fingerprint density at radius 2 is 1.84 bits per heavy atom. The predicted octanol–water partition coefficient (Wildman–Crippen LogP) is 0.0818. The molecule has 19 heavy (non-hydrogen) atoms. The van der Waals surface area contributed by atoms with Crippen LogP contribution in [0.2, 0.25) is 0 Å². The maximum Gasteiger partial charge on any atom is 0.307 e. The molecule has 2 rings (SSSR count). The molecule has 0 aromatic heterocycles. The molecule has 3 unspecified atom stereocenters. The molecule has 0 radical (unpaired) electrons. The third kappa shape index (κ3) is 2.72. The molecule has 1 saturated carbocycles. The fourth-order valence-electron chi connectivity index (χ4n) is 2.92. The van der Waals surface area contributed by atoms with Crippen LogP contribution in [0.3, 0.4) is 0 Å². The van der Waals surface area contributed by atoms with Crippen LogP contribution in [0.4, 0.5) is 0 Å². The summed E-state index contributed by atoms with van der Waals surface area (Å²) in [5, 5.41) is 11.6. The largest absolute Gasteiger partial charge is 0.481 e. The molecule has 106 valence electrons. The third-order valence-corrected chi connectivity index (χ3v) is 4.26. The van der Waals surface area contributed by atoms with Crippen LogP contribution in [0.1, 0.15) is 25.7 Å². The summed E-state index contributed by atoms with van der Waals surface area (Å²) in [7, 11) is 1.59. The van der Waals surface area contributed by atoms with Gasteiger partial charge in [0, 0.05) is 20.1 Å². The molecule has 0 aromatic carbocycles. The lowest BCUT2D eigenvalue weighted by Crippen LogP contribution is -2.51. The zero-order chi connectivity index (χ0) is 14.0. The summed E-state index contributed by atoms with van der Waals surface area (Å²) in [5.41, 5.74) is 0. The number of aliphatic carboxylic acids is 1. The van der Waals surface area contributed by atoms with Gasteiger partial charge in [-0.1, -0.05) is 0 Å². The summed E-state index contributed by atoms with van der Waals surface area (Å²) in [5.74, 6) is -2.10. The number of amides is 2. The Balaban J connectivity index is 1.96. The van der Waals surface area contributed by atoms with Gasteiger partial charge in [-0.25, -0.2) is 0 Å². The maximum absolute atomic E-state index is 12.3. The van der Waals surface area contributed by atoms with Crippen molar-refractivity contribution in [3.8, 4) is 0 Å². The number of rotatable bonds is 3. The van der Waals surface area contributed by atoms with Gasteiger partial charge in [0.2, 0.25) is 11.8 Å². The number of nitrogens with one attached hydrogen (secondary N) is 1. The van der Waals surface area contributed by atoms with Crippen LogP contribution in [0.15, 0.2) is 0 Å². The minimum atomic E-state index is -0.885. The molecule has 2 aliphatic rings. The second-order valence-electron chi connectivity index (χ2n) is 5.37. The zero-order valence-electron chi connectivity index (χ0n) is 11.1. The first-order chi connectivity index (χ1) is 9.04. The van der Waals surface area contributed by atoms with E-state index >= 15 is 0 Å². The molecule has 6 nitrogen and oxygen atoms in total. The highest BCUT2D eigenvalue weighted by Crippen LogP contribution is 2.36. The van der Waals surface area contributed by atoms with E-state index in [4.69, 9.17) is 5.11 Å². The van der Waals surface area contributed by atoms with Crippen LogP contribution in [0.5, 0.6) is 0 Å². The van der Waals surface area contributed by atoms with Gasteiger partial charge in [0.1, 0.15) is 0 Å². The van der Waals surface area contributed by atoms with E-state index in [2.05, 4.69) is 5.32 Å². The van der Waals surface area contributed by atoms with Gasteiger partial charge >= 0.3 is 5.97 Å². The Labute approximate surface area is 112 Å². The minimum absolute atomic E-state index is 0.0408. The van der Waals surface area contributed by atoms with E-state index in [0.29, 0.717) is 25.9 Å². The molecule has 1 heterocycles. The number of hydrogen-bond donors (Lipinski definition) is 2. The van der Waals surface area contributed by atoms with Gasteiger partial charge in [-0.3, -0.25) is 14.4 Å². The molecule has 0 aromatic rings. The Morgan fingerprint density at radius 1 is 1.16 bits per heavy atom. The first-order valence-electron chi connectivity index (χ1n) is 6.77. The average Bonchev–Trinajstić information content (AvgIpc) is 2.36. The number of hydrogen-bond acceptors (Lipinski definition) is 3. The number of nitrogens with zero attached hydrogens (tertiary/aromatic N) is 1. The highest BCUT2D eigenvalue weighted by Gasteiger charge is 2.44. The van der Waals surface area contributed by atoms with Gasteiger partial charge in [-0.15, -0.1) is 0 Å². The number of carboxylic acids is 1. The summed E-state index contributed by atoms with van der Waals surface area (Å²) in [4.78, 5) is 36.5. The first-order valence-corrected chi connectivity index (χ1v) is 6.77. The Bertz CT molecular complexity index is 396. The molecule has 2 N–H and O–H groups in total. The number of carbonyl (C=O) groups excluding carboxylic acids is 2. The number of carboxylic acid groups (broad SMARTS) is 1. The fourth-order valence-corrected chi connectivity index (χ4v) is 2.92. The van der Waals surface area contributed by atoms with Gasteiger partial charge in [-0.05, 0) is 25.7 Å². The predicted molar refractivity (Wildman–Crippen MR) is 67.2 cm³/mol. The normalized spacial score (nSPS) is 30.4. The standard InChI is InChI=1S/C13H20N2O4/c1-14-11(16)8-3-2-6-15(7-8)12(17)9-4-5-10(9)13(18)19/h8-10H,2-7H2,1H3,(H,14,16)(H,18,19). The molecule has 2 fully saturated rings. The summed E-state index contributed by atoms with van der Waals surface area (Å²) in [6, 6.07) is 0. The molecule has 1 aliphatic carbocycles. The number of likely N-dealkylation sites (tertiary alicyclic amines) is 1. The van der Waals surface area contributed by atoms with Crippen LogP contribution in [0, 0.1) is 17.8 Å². The van der Waals surface area contributed by atoms with Crippen molar-refractivity contribution >= 4 is 17.8 Å². The van der Waals surface area contributed by atoms with Crippen LogP contribution < -0.4 is 5.32 Å². The molecular formula is C13H20N2O4. The smallest absolute Gasteiger partial charge is 0.307 e. The van der Waals surface area contributed by atoms with Crippen molar-refractivity contribution in [2.24, 2.45) is 17.8 Å². The highest BCUT2D eigenvalue weighted by molar-refractivity contribution is 5.87. The van der Waals surface area contributed by atoms with Gasteiger partial charge in [0.15, 0.2) is 0 Å². The second-order valence-corrected chi connectivity index (χ2v) is 5.37. The lowest BCUT2D eigenvalue weighted by molar-refractivity contribution is -0.157. The van der Waals surface area contributed by atoms with Crippen LogP contribution in [0.25, 0.3) is 0 Å². The molecule has 0 spiro atoms. The van der Waals surface area contributed by atoms with Crippen molar-refractivity contribution in [3.05, 3.63) is 0 Å². The summed E-state index contributed by atoms with van der Waals surface area (Å²) >= 11 is 0. The third-order valence-electron chi connectivity index (χ3n) is 4.26. The fraction of sp³-hybridized carbons (Fsp3) is 0.769. The summed E-state index contributed by atoms with van der Waals surface area (Å²) in [6.45, 7) is 1.05. The lowest BCUT2D eigenvalue weighted by Gasteiger charge is -2.39. The first kappa shape index (κ1) is 13.8. The van der Waals surface area contributed by atoms with E-state index in [1.54, 1.807) is 11.9 Å². The second kappa shape index (κ2) is 5.59. The number of piperidine rings is 1. The molecule has 1 aliphatic heterocycles. The van der Waals surface area contributed by atoms with E-state index in [-0.39, 0.29) is 23.7 Å². The average molecular weight is 268 g/mol. The van der Waals surface area contributed by atoms with Crippen molar-refractivity contribution < 1.29 is 19.5 Å². The summed E-state index contributed by atoms with van der Waals surface area (Å²) < 4.78 is 0. The van der Waals surface area contributed by atoms with Gasteiger partial charge in [0.05, 0.1) is 17.8 Å². The van der Waals surface area contributed by atoms with Crippen LogP contribution in [-0.2, 0) is 14.4 Å². The summed E-state index contributed by atoms with van der Waals surface area (Å²) in [6.07, 6.45) is 2.82. The van der Waals surface area contributed by atoms with Crippen molar-refractivity contribution in [2.75, 3.05) is 20.1 Å². The van der Waals surface area contributed by atoms with Crippen molar-refractivity contribution in [1.82, 2.24) is 10.2 Å². The van der Waals surface area contributed by atoms with Gasteiger partial charge in [-0.2, -0.15) is 0 Å². The SMILES string of the molecule is CNC(=O)C1CCCN(C(=O)C2CCC2C(=O)O)C1. The zero-order valence-corrected chi connectivity index (χ0v) is 11.1. The van der Waals surface area contributed by atoms with E-state index in [9.17, 15) is 14.4 Å². The van der Waals surface area contributed by atoms with E-state index in [0.717, 1.165) is 12.8 Å². The van der Waals surface area contributed by atoms with Crippen molar-refractivity contribution in [1.29, 1.82) is 0 Å². The van der Waals surface area contributed by atoms with Crippen LogP contribution >= 0.6 is 0 Å². The van der Waals surface area contributed by atoms with E-state index < -0.39 is 11.9 Å². The molecule has 6 heteroatoms. The monoisotopic (exact) mass is 268 g/mol. The Kier molecular flexibility index (Phi) is 4.07. The van der Waals surface area contributed by atoms with Crippen molar-refractivity contribution in [2.45, 2.75) is 25.7 Å². The van der Waals surface area contributed by atoms with Gasteiger partial charge < -0.3 is 15.3 Å². The Hall–Kier alpha value is -1.59. The van der Waals surface area contributed by atoms with Crippen molar-refractivity contribution in [3.63, 3.8) is 0 Å². The van der Waals surface area contributed by atoms with E-state index in [1.807, 2.05) is 0 Å². The topological polar surface area (TPSA) is 86.7 Å². The highest BCUT2D eigenvalue weighted by atomic mass is 16.4. The number of carbonyl (C=O) groups is 3. The van der Waals surface area contributed by atoms with Crippen LogP contribution in [-0.4, -0.2) is 47.9 Å². The molecule has 3 atom stereocenters. The Morgan fingerprint density at radius 3 is 2.37 bits per heavy atom. The van der Waals surface area contributed by atoms with E-state index in [1.165, 1.54) is 0 Å². The molecule has 2 amide bonds.